The lowest BCUT2D eigenvalue weighted by Crippen LogP contribution is -2.22. The molecule has 0 aromatic heterocycles. The van der Waals surface area contributed by atoms with E-state index in [1.165, 1.54) is 0 Å². The molecule has 0 radical (unpaired) electrons. The number of nitrogens with two attached hydrogens (primary N) is 1. The van der Waals surface area contributed by atoms with Crippen LogP contribution in [0.4, 0.5) is 11.4 Å². The van der Waals surface area contributed by atoms with E-state index in [0.29, 0.717) is 5.92 Å². The van der Waals surface area contributed by atoms with Crippen molar-refractivity contribution in [2.45, 2.75) is 20.3 Å². The molecule has 0 heterocycles. The predicted molar refractivity (Wildman–Crippen MR) is 74.4 cm³/mol. The summed E-state index contributed by atoms with van der Waals surface area (Å²) < 4.78 is 5.59. The Morgan fingerprint density at radius 3 is 2.71 bits per heavy atom. The number of nitrogen functional groups attached to an aromatic ring is 1. The zero-order valence-corrected chi connectivity index (χ0v) is 11.1. The first-order valence-corrected chi connectivity index (χ1v) is 6.24. The van der Waals surface area contributed by atoms with Crippen LogP contribution in [0.25, 0.3) is 0 Å². The summed E-state index contributed by atoms with van der Waals surface area (Å²) in [5.41, 5.74) is 7.69. The molecule has 17 heavy (non-hydrogen) atoms. The number of benzene rings is 1. The highest BCUT2D eigenvalue weighted by atomic mass is 16.5. The maximum absolute atomic E-state index is 5.75. The first-order chi connectivity index (χ1) is 8.09. The summed E-state index contributed by atoms with van der Waals surface area (Å²) in [6, 6.07) is 7.91. The van der Waals surface area contributed by atoms with Gasteiger partial charge in [-0.2, -0.15) is 0 Å². The van der Waals surface area contributed by atoms with E-state index < -0.39 is 0 Å². The number of hydrogen-bond donors (Lipinski definition) is 1. The minimum Gasteiger partial charge on any atom is -0.399 e. The van der Waals surface area contributed by atoms with Crippen LogP contribution >= 0.6 is 0 Å². The van der Waals surface area contributed by atoms with Crippen LogP contribution in [0, 0.1) is 5.92 Å². The van der Waals surface area contributed by atoms with Crippen molar-refractivity contribution in [2.75, 3.05) is 37.4 Å². The van der Waals surface area contributed by atoms with Crippen molar-refractivity contribution < 1.29 is 4.74 Å². The van der Waals surface area contributed by atoms with Gasteiger partial charge in [-0.05, 0) is 30.5 Å². The predicted octanol–water partition coefficient (Wildman–Crippen LogP) is 2.77. The lowest BCUT2D eigenvalue weighted by atomic mass is 10.1. The van der Waals surface area contributed by atoms with Gasteiger partial charge in [0, 0.05) is 31.6 Å². The number of anilines is 2. The Labute approximate surface area is 105 Å². The summed E-state index contributed by atoms with van der Waals surface area (Å²) in [5.74, 6) is 0.710. The van der Waals surface area contributed by atoms with E-state index in [0.717, 1.165) is 37.6 Å². The molecule has 1 rings (SSSR count). The smallest absolute Gasteiger partial charge is 0.0641 e. The van der Waals surface area contributed by atoms with E-state index in [-0.39, 0.29) is 0 Å². The van der Waals surface area contributed by atoms with Gasteiger partial charge in [-0.1, -0.05) is 19.9 Å². The fraction of sp³-hybridized carbons (Fsp3) is 0.571. The molecular formula is C14H24N2O. The number of rotatable bonds is 7. The first kappa shape index (κ1) is 13.8. The molecule has 0 aliphatic carbocycles. The van der Waals surface area contributed by atoms with Gasteiger partial charge in [-0.3, -0.25) is 0 Å². The number of hydrogen-bond acceptors (Lipinski definition) is 3. The molecule has 0 unspecified atom stereocenters. The van der Waals surface area contributed by atoms with Gasteiger partial charge >= 0.3 is 0 Å². The van der Waals surface area contributed by atoms with E-state index in [1.807, 2.05) is 18.2 Å². The second-order valence-corrected chi connectivity index (χ2v) is 4.81. The Kier molecular flexibility index (Phi) is 5.84. The molecule has 1 aromatic rings. The van der Waals surface area contributed by atoms with Gasteiger partial charge in [0.1, 0.15) is 0 Å². The summed E-state index contributed by atoms with van der Waals surface area (Å²) in [4.78, 5) is 2.16. The van der Waals surface area contributed by atoms with Crippen molar-refractivity contribution in [3.05, 3.63) is 24.3 Å². The Hall–Kier alpha value is -1.22. The highest BCUT2D eigenvalue weighted by Gasteiger charge is 2.01. The van der Waals surface area contributed by atoms with Crippen LogP contribution in [0.2, 0.25) is 0 Å². The van der Waals surface area contributed by atoms with Crippen LogP contribution in [0.3, 0.4) is 0 Å². The SMILES string of the molecule is CC(C)CCOCCN(C)c1cccc(N)c1. The molecule has 0 aliphatic heterocycles. The van der Waals surface area contributed by atoms with Gasteiger partial charge in [0.2, 0.25) is 0 Å². The normalized spacial score (nSPS) is 10.8. The molecular weight excluding hydrogens is 212 g/mol. The molecule has 0 bridgehead atoms. The Morgan fingerprint density at radius 2 is 2.06 bits per heavy atom. The van der Waals surface area contributed by atoms with Crippen LogP contribution in [0.5, 0.6) is 0 Å². The van der Waals surface area contributed by atoms with E-state index in [9.17, 15) is 0 Å². The van der Waals surface area contributed by atoms with Crippen molar-refractivity contribution in [1.29, 1.82) is 0 Å². The first-order valence-electron chi connectivity index (χ1n) is 6.24. The average molecular weight is 236 g/mol. The lowest BCUT2D eigenvalue weighted by molar-refractivity contribution is 0.130. The van der Waals surface area contributed by atoms with Gasteiger partial charge in [0.15, 0.2) is 0 Å². The van der Waals surface area contributed by atoms with Gasteiger partial charge in [-0.15, -0.1) is 0 Å². The van der Waals surface area contributed by atoms with Crippen molar-refractivity contribution in [1.82, 2.24) is 0 Å². The van der Waals surface area contributed by atoms with Crippen molar-refractivity contribution in [2.24, 2.45) is 5.92 Å². The zero-order chi connectivity index (χ0) is 12.7. The van der Waals surface area contributed by atoms with Gasteiger partial charge < -0.3 is 15.4 Å². The quantitative estimate of drug-likeness (QED) is 0.584. The maximum Gasteiger partial charge on any atom is 0.0641 e. The highest BCUT2D eigenvalue weighted by molar-refractivity contribution is 5.55. The summed E-state index contributed by atoms with van der Waals surface area (Å²) in [5, 5.41) is 0. The summed E-state index contributed by atoms with van der Waals surface area (Å²) in [7, 11) is 2.06. The highest BCUT2D eigenvalue weighted by Crippen LogP contribution is 2.15. The van der Waals surface area contributed by atoms with Crippen LogP contribution in [-0.4, -0.2) is 26.8 Å². The summed E-state index contributed by atoms with van der Waals surface area (Å²) >= 11 is 0. The van der Waals surface area contributed by atoms with Gasteiger partial charge in [0.05, 0.1) is 6.61 Å². The van der Waals surface area contributed by atoms with Crippen molar-refractivity contribution >= 4 is 11.4 Å². The fourth-order valence-electron chi connectivity index (χ4n) is 1.51. The third-order valence-electron chi connectivity index (χ3n) is 2.72. The molecule has 0 saturated heterocycles. The molecule has 0 amide bonds. The average Bonchev–Trinajstić information content (AvgIpc) is 2.28. The Morgan fingerprint density at radius 1 is 1.29 bits per heavy atom. The molecule has 96 valence electrons. The van der Waals surface area contributed by atoms with E-state index in [4.69, 9.17) is 10.5 Å². The Balaban J connectivity index is 2.23. The fourth-order valence-corrected chi connectivity index (χ4v) is 1.51. The van der Waals surface area contributed by atoms with E-state index >= 15 is 0 Å². The van der Waals surface area contributed by atoms with Crippen LogP contribution < -0.4 is 10.6 Å². The van der Waals surface area contributed by atoms with Gasteiger partial charge in [-0.25, -0.2) is 0 Å². The third kappa shape index (κ3) is 5.59. The largest absolute Gasteiger partial charge is 0.399 e. The second-order valence-electron chi connectivity index (χ2n) is 4.81. The molecule has 0 saturated carbocycles. The minimum atomic E-state index is 0.710. The molecule has 3 nitrogen and oxygen atoms in total. The third-order valence-corrected chi connectivity index (χ3v) is 2.72. The Bertz CT molecular complexity index is 326. The monoisotopic (exact) mass is 236 g/mol. The molecule has 0 fully saturated rings. The second kappa shape index (κ2) is 7.17. The summed E-state index contributed by atoms with van der Waals surface area (Å²) in [6.45, 7) is 6.92. The van der Waals surface area contributed by atoms with Crippen molar-refractivity contribution in [3.8, 4) is 0 Å². The molecule has 1 aromatic carbocycles. The number of ether oxygens (including phenoxy) is 1. The van der Waals surface area contributed by atoms with E-state index in [1.54, 1.807) is 0 Å². The number of nitrogens with zero attached hydrogens (tertiary/aromatic N) is 1. The minimum absolute atomic E-state index is 0.710. The molecule has 0 aliphatic rings. The van der Waals surface area contributed by atoms with Crippen LogP contribution in [-0.2, 0) is 4.74 Å². The zero-order valence-electron chi connectivity index (χ0n) is 11.1. The van der Waals surface area contributed by atoms with Crippen LogP contribution in [0.1, 0.15) is 20.3 Å². The topological polar surface area (TPSA) is 38.5 Å². The van der Waals surface area contributed by atoms with Crippen molar-refractivity contribution in [3.63, 3.8) is 0 Å². The molecule has 0 spiro atoms. The lowest BCUT2D eigenvalue weighted by Gasteiger charge is -2.19. The molecule has 0 atom stereocenters. The maximum atomic E-state index is 5.75. The molecule has 2 N–H and O–H groups in total. The van der Waals surface area contributed by atoms with E-state index in [2.05, 4.69) is 31.9 Å². The van der Waals surface area contributed by atoms with Gasteiger partial charge in [0.25, 0.3) is 0 Å². The van der Waals surface area contributed by atoms with Crippen LogP contribution in [0.15, 0.2) is 24.3 Å². The molecule has 3 heteroatoms. The summed E-state index contributed by atoms with van der Waals surface area (Å²) in [6.07, 6.45) is 1.13. The number of likely N-dealkylation sites (N-methyl/N-ethyl adjacent to an activating group) is 1. The standard InChI is InChI=1S/C14H24N2O/c1-12(2)7-9-17-10-8-16(3)14-6-4-5-13(15)11-14/h4-6,11-12H,7-10,15H2,1-3H3.